The van der Waals surface area contributed by atoms with E-state index in [2.05, 4.69) is 20.5 Å². The smallest absolute Gasteiger partial charge is 0.218 e. The Balaban J connectivity index is 1.82. The van der Waals surface area contributed by atoms with Gasteiger partial charge in [0.1, 0.15) is 5.82 Å². The lowest BCUT2D eigenvalue weighted by molar-refractivity contribution is 0.459. The SMILES string of the molecule is Cc1ccc(NC(=S)N=Nc2c(O)[nH]c3ccc(F)cc23)cc1. The zero-order valence-corrected chi connectivity index (χ0v) is 13.0. The fourth-order valence-corrected chi connectivity index (χ4v) is 2.28. The van der Waals surface area contributed by atoms with Gasteiger partial charge in [0, 0.05) is 11.1 Å². The second-order valence-electron chi connectivity index (χ2n) is 5.01. The van der Waals surface area contributed by atoms with Gasteiger partial charge in [-0.15, -0.1) is 10.2 Å². The second-order valence-corrected chi connectivity index (χ2v) is 5.39. The van der Waals surface area contributed by atoms with Crippen molar-refractivity contribution in [2.24, 2.45) is 10.2 Å². The number of nitrogens with zero attached hydrogens (tertiary/aromatic N) is 2. The molecule has 3 N–H and O–H groups in total. The van der Waals surface area contributed by atoms with Crippen LogP contribution in [0.15, 0.2) is 52.7 Å². The molecule has 0 fully saturated rings. The van der Waals surface area contributed by atoms with Gasteiger partial charge < -0.3 is 15.4 Å². The summed E-state index contributed by atoms with van der Waals surface area (Å²) in [6, 6.07) is 11.7. The fourth-order valence-electron chi connectivity index (χ4n) is 2.12. The number of aromatic hydroxyl groups is 1. The Morgan fingerprint density at radius 3 is 2.70 bits per heavy atom. The Kier molecular flexibility index (Phi) is 4.03. The summed E-state index contributed by atoms with van der Waals surface area (Å²) < 4.78 is 13.3. The van der Waals surface area contributed by atoms with Crippen LogP contribution in [-0.4, -0.2) is 15.2 Å². The minimum Gasteiger partial charge on any atom is -0.493 e. The number of thiocarbonyl (C=S) groups is 1. The maximum Gasteiger partial charge on any atom is 0.218 e. The first-order valence-electron chi connectivity index (χ1n) is 6.82. The lowest BCUT2D eigenvalue weighted by atomic mass is 10.2. The van der Waals surface area contributed by atoms with Crippen LogP contribution < -0.4 is 5.32 Å². The number of hydrogen-bond donors (Lipinski definition) is 3. The molecule has 0 aliphatic carbocycles. The highest BCUT2D eigenvalue weighted by Crippen LogP contribution is 2.35. The van der Waals surface area contributed by atoms with Crippen molar-refractivity contribution in [3.8, 4) is 5.88 Å². The van der Waals surface area contributed by atoms with Gasteiger partial charge in [0.15, 0.2) is 5.69 Å². The average Bonchev–Trinajstić information content (AvgIpc) is 2.82. The van der Waals surface area contributed by atoms with Crippen molar-refractivity contribution < 1.29 is 9.50 Å². The molecule has 0 bridgehead atoms. The van der Waals surface area contributed by atoms with Crippen LogP contribution in [0, 0.1) is 12.7 Å². The van der Waals surface area contributed by atoms with Crippen LogP contribution in [0.25, 0.3) is 10.9 Å². The summed E-state index contributed by atoms with van der Waals surface area (Å²) in [6.07, 6.45) is 0. The van der Waals surface area contributed by atoms with Crippen LogP contribution in [0.3, 0.4) is 0 Å². The predicted octanol–water partition coefficient (Wildman–Crippen LogP) is 4.80. The van der Waals surface area contributed by atoms with Gasteiger partial charge in [-0.3, -0.25) is 0 Å². The first-order chi connectivity index (χ1) is 11.0. The summed E-state index contributed by atoms with van der Waals surface area (Å²) in [4.78, 5) is 2.71. The molecule has 0 saturated carbocycles. The van der Waals surface area contributed by atoms with Crippen LogP contribution in [0.4, 0.5) is 15.8 Å². The predicted molar refractivity (Wildman–Crippen MR) is 91.8 cm³/mol. The number of halogens is 1. The van der Waals surface area contributed by atoms with Crippen molar-refractivity contribution in [3.05, 3.63) is 53.8 Å². The topological polar surface area (TPSA) is 72.8 Å². The van der Waals surface area contributed by atoms with E-state index in [1.807, 2.05) is 31.2 Å². The Bertz CT molecular complexity index is 902. The van der Waals surface area contributed by atoms with Crippen LogP contribution in [0.1, 0.15) is 5.56 Å². The Morgan fingerprint density at radius 1 is 1.22 bits per heavy atom. The lowest BCUT2D eigenvalue weighted by Gasteiger charge is -2.03. The van der Waals surface area contributed by atoms with Gasteiger partial charge in [0.2, 0.25) is 11.0 Å². The van der Waals surface area contributed by atoms with E-state index in [0.29, 0.717) is 10.9 Å². The Hall–Kier alpha value is -2.80. The number of rotatable bonds is 2. The number of aromatic amines is 1. The van der Waals surface area contributed by atoms with E-state index >= 15 is 0 Å². The van der Waals surface area contributed by atoms with Gasteiger partial charge in [-0.25, -0.2) is 4.39 Å². The summed E-state index contributed by atoms with van der Waals surface area (Å²) in [5.74, 6) is -0.610. The molecule has 7 heteroatoms. The minimum absolute atomic E-state index is 0.138. The number of anilines is 1. The normalized spacial score (nSPS) is 11.2. The first-order valence-corrected chi connectivity index (χ1v) is 7.23. The molecule has 0 radical (unpaired) electrons. The molecule has 0 amide bonds. The van der Waals surface area contributed by atoms with E-state index in [0.717, 1.165) is 11.3 Å². The molecule has 1 aromatic heterocycles. The van der Waals surface area contributed by atoms with E-state index in [-0.39, 0.29) is 16.7 Å². The maximum atomic E-state index is 13.3. The summed E-state index contributed by atoms with van der Waals surface area (Å²) >= 11 is 5.10. The molecule has 0 saturated heterocycles. The quantitative estimate of drug-likeness (QED) is 0.467. The van der Waals surface area contributed by atoms with E-state index < -0.39 is 5.82 Å². The van der Waals surface area contributed by atoms with Crippen molar-refractivity contribution in [1.82, 2.24) is 4.98 Å². The van der Waals surface area contributed by atoms with E-state index in [1.165, 1.54) is 18.2 Å². The van der Waals surface area contributed by atoms with Crippen molar-refractivity contribution in [2.75, 3.05) is 5.32 Å². The first kappa shape index (κ1) is 15.1. The molecule has 0 aliphatic heterocycles. The molecule has 0 aliphatic rings. The zero-order chi connectivity index (χ0) is 16.4. The summed E-state index contributed by atoms with van der Waals surface area (Å²) in [7, 11) is 0. The molecule has 3 rings (SSSR count). The third-order valence-corrected chi connectivity index (χ3v) is 3.44. The molecular weight excluding hydrogens is 315 g/mol. The number of benzene rings is 2. The van der Waals surface area contributed by atoms with Crippen molar-refractivity contribution >= 4 is 39.6 Å². The average molecular weight is 328 g/mol. The minimum atomic E-state index is -0.423. The monoisotopic (exact) mass is 328 g/mol. The number of azo groups is 1. The third kappa shape index (κ3) is 3.35. The number of fused-ring (bicyclic) bond motifs is 1. The highest BCUT2D eigenvalue weighted by atomic mass is 32.1. The number of aryl methyl sites for hydroxylation is 1. The molecule has 1 heterocycles. The molecule has 0 spiro atoms. The summed E-state index contributed by atoms with van der Waals surface area (Å²) in [5.41, 5.74) is 2.63. The zero-order valence-electron chi connectivity index (χ0n) is 12.2. The third-order valence-electron chi connectivity index (χ3n) is 3.26. The molecule has 2 aromatic carbocycles. The van der Waals surface area contributed by atoms with Crippen molar-refractivity contribution in [2.45, 2.75) is 6.92 Å². The fraction of sp³-hybridized carbons (Fsp3) is 0.0625. The van der Waals surface area contributed by atoms with Crippen LogP contribution in [0.2, 0.25) is 0 Å². The number of H-pyrrole nitrogens is 1. The molecule has 3 aromatic rings. The van der Waals surface area contributed by atoms with Gasteiger partial charge >= 0.3 is 0 Å². The van der Waals surface area contributed by atoms with Crippen LogP contribution in [-0.2, 0) is 0 Å². The van der Waals surface area contributed by atoms with Crippen molar-refractivity contribution in [1.29, 1.82) is 0 Å². The largest absolute Gasteiger partial charge is 0.493 e. The second kappa shape index (κ2) is 6.13. The highest BCUT2D eigenvalue weighted by molar-refractivity contribution is 7.80. The standard InChI is InChI=1S/C16H13FN4OS/c1-9-2-5-11(6-3-9)18-16(23)21-20-14-12-8-10(17)4-7-13(12)19-15(14)22/h2-8,19,22H,1H3,(H,18,23). The molecule has 0 unspecified atom stereocenters. The van der Waals surface area contributed by atoms with Crippen LogP contribution >= 0.6 is 12.2 Å². The van der Waals surface area contributed by atoms with Gasteiger partial charge in [-0.05, 0) is 49.5 Å². The van der Waals surface area contributed by atoms with Gasteiger partial charge in [-0.2, -0.15) is 0 Å². The molecule has 116 valence electrons. The lowest BCUT2D eigenvalue weighted by Crippen LogP contribution is -2.04. The molecular formula is C16H13FN4OS. The van der Waals surface area contributed by atoms with Gasteiger partial charge in [0.25, 0.3) is 0 Å². The van der Waals surface area contributed by atoms with Gasteiger partial charge in [-0.1, -0.05) is 17.7 Å². The summed E-state index contributed by atoms with van der Waals surface area (Å²) in [5, 5.41) is 21.1. The van der Waals surface area contributed by atoms with Crippen LogP contribution in [0.5, 0.6) is 5.88 Å². The van der Waals surface area contributed by atoms with Gasteiger partial charge in [0.05, 0.1) is 5.52 Å². The van der Waals surface area contributed by atoms with Crippen molar-refractivity contribution in [3.63, 3.8) is 0 Å². The van der Waals surface area contributed by atoms with E-state index in [1.54, 1.807) is 0 Å². The van der Waals surface area contributed by atoms with E-state index in [9.17, 15) is 9.50 Å². The Morgan fingerprint density at radius 2 is 1.96 bits per heavy atom. The molecule has 0 atom stereocenters. The molecule has 23 heavy (non-hydrogen) atoms. The summed E-state index contributed by atoms with van der Waals surface area (Å²) in [6.45, 7) is 1.99. The number of nitrogens with one attached hydrogen (secondary N) is 2. The highest BCUT2D eigenvalue weighted by Gasteiger charge is 2.11. The number of hydrogen-bond acceptors (Lipinski definition) is 3. The Labute approximate surface area is 136 Å². The molecule has 5 nitrogen and oxygen atoms in total. The van der Waals surface area contributed by atoms with E-state index in [4.69, 9.17) is 12.2 Å². The maximum absolute atomic E-state index is 13.3. The number of aromatic nitrogens is 1.